The van der Waals surface area contributed by atoms with Crippen LogP contribution in [0.4, 0.5) is 18.0 Å². The number of benzene rings is 2. The Kier molecular flexibility index (Phi) is 7.32. The second-order valence-electron chi connectivity index (χ2n) is 8.52. The third kappa shape index (κ3) is 6.36. The van der Waals surface area contributed by atoms with E-state index in [2.05, 4.69) is 15.0 Å². The van der Waals surface area contributed by atoms with Gasteiger partial charge in [0.2, 0.25) is 0 Å². The first-order chi connectivity index (χ1) is 15.9. The summed E-state index contributed by atoms with van der Waals surface area (Å²) >= 11 is 0. The lowest BCUT2D eigenvalue weighted by Gasteiger charge is -2.22. The maximum Gasteiger partial charge on any atom is 0.573 e. The summed E-state index contributed by atoms with van der Waals surface area (Å²) in [5.74, 6) is -0.368. The lowest BCUT2D eigenvalue weighted by Crippen LogP contribution is -2.32. The van der Waals surface area contributed by atoms with Gasteiger partial charge in [-0.1, -0.05) is 18.2 Å². The van der Waals surface area contributed by atoms with Crippen molar-refractivity contribution in [2.75, 3.05) is 6.61 Å². The molecule has 3 rings (SSSR count). The number of pyridine rings is 1. The molecular formula is C24H25F3N2O5. The zero-order valence-electron chi connectivity index (χ0n) is 18.8. The van der Waals surface area contributed by atoms with Crippen LogP contribution in [0.5, 0.6) is 5.75 Å². The van der Waals surface area contributed by atoms with Gasteiger partial charge in [-0.15, -0.1) is 13.2 Å². The molecule has 1 heterocycles. The van der Waals surface area contributed by atoms with Crippen LogP contribution in [0.1, 0.15) is 38.0 Å². The fourth-order valence-electron chi connectivity index (χ4n) is 3.50. The Morgan fingerprint density at radius 1 is 1.15 bits per heavy atom. The van der Waals surface area contributed by atoms with Crippen molar-refractivity contribution in [2.24, 2.45) is 0 Å². The molecule has 0 radical (unpaired) electrons. The molecule has 7 nitrogen and oxygen atoms in total. The molecule has 3 aromatic rings. The minimum Gasteiger partial charge on any atom is -0.444 e. The number of fused-ring (bicyclic) bond motifs is 1. The van der Waals surface area contributed by atoms with E-state index in [9.17, 15) is 28.2 Å². The van der Waals surface area contributed by atoms with Crippen molar-refractivity contribution in [1.29, 1.82) is 0 Å². The number of aromatic nitrogens is 1. The van der Waals surface area contributed by atoms with Crippen LogP contribution in [0.25, 0.3) is 22.0 Å². The molecule has 1 unspecified atom stereocenters. The van der Waals surface area contributed by atoms with Crippen molar-refractivity contribution < 1.29 is 37.7 Å². The number of amides is 1. The molecule has 0 aliphatic carbocycles. The maximum atomic E-state index is 12.5. The Hall–Kier alpha value is -3.37. The minimum atomic E-state index is -4.81. The number of hydrogen-bond acceptors (Lipinski definition) is 6. The molecule has 1 aromatic heterocycles. The number of halogens is 3. The second-order valence-corrected chi connectivity index (χ2v) is 8.52. The average molecular weight is 478 g/mol. The van der Waals surface area contributed by atoms with Crippen molar-refractivity contribution >= 4 is 17.0 Å². The maximum absolute atomic E-state index is 12.5. The summed E-state index contributed by atoms with van der Waals surface area (Å²) in [6.07, 6.45) is -5.18. The van der Waals surface area contributed by atoms with Crippen LogP contribution in [-0.4, -0.2) is 39.9 Å². The van der Waals surface area contributed by atoms with E-state index in [0.29, 0.717) is 33.2 Å². The first-order valence-corrected chi connectivity index (χ1v) is 10.4. The number of carbonyl (C=O) groups excluding carboxylic acids is 1. The van der Waals surface area contributed by atoms with Gasteiger partial charge in [-0.05, 0) is 61.7 Å². The van der Waals surface area contributed by atoms with Gasteiger partial charge in [0.05, 0.1) is 12.1 Å². The molecule has 1 atom stereocenters. The molecular weight excluding hydrogens is 453 g/mol. The van der Waals surface area contributed by atoms with Crippen LogP contribution in [0.15, 0.2) is 48.7 Å². The smallest absolute Gasteiger partial charge is 0.444 e. The molecule has 0 saturated carbocycles. The molecule has 2 aromatic carbocycles. The highest BCUT2D eigenvalue weighted by Gasteiger charge is 2.31. The number of rotatable bonds is 6. The number of aliphatic hydroxyl groups excluding tert-OH is 2. The van der Waals surface area contributed by atoms with Gasteiger partial charge in [-0.3, -0.25) is 4.98 Å². The van der Waals surface area contributed by atoms with Gasteiger partial charge in [-0.25, -0.2) is 4.79 Å². The number of ether oxygens (including phenoxy) is 2. The molecule has 1 amide bonds. The third-order valence-corrected chi connectivity index (χ3v) is 4.74. The van der Waals surface area contributed by atoms with Crippen LogP contribution in [0.3, 0.4) is 0 Å². The van der Waals surface area contributed by atoms with E-state index in [1.165, 1.54) is 24.3 Å². The summed E-state index contributed by atoms with van der Waals surface area (Å²) in [4.78, 5) is 16.6. The fourth-order valence-corrected chi connectivity index (χ4v) is 3.50. The van der Waals surface area contributed by atoms with Crippen molar-refractivity contribution in [3.63, 3.8) is 0 Å². The zero-order chi connectivity index (χ0) is 25.1. The highest BCUT2D eigenvalue weighted by atomic mass is 19.4. The molecule has 0 bridgehead atoms. The van der Waals surface area contributed by atoms with Crippen molar-refractivity contribution in [3.05, 3.63) is 59.8 Å². The normalized spacial score (nSPS) is 12.9. The first kappa shape index (κ1) is 25.3. The molecule has 0 aliphatic heterocycles. The van der Waals surface area contributed by atoms with E-state index in [0.717, 1.165) is 0 Å². The monoisotopic (exact) mass is 478 g/mol. The second kappa shape index (κ2) is 9.86. The molecule has 182 valence electrons. The van der Waals surface area contributed by atoms with E-state index in [4.69, 9.17) is 4.74 Å². The summed E-state index contributed by atoms with van der Waals surface area (Å²) in [7, 11) is 0. The highest BCUT2D eigenvalue weighted by Crippen LogP contribution is 2.36. The minimum absolute atomic E-state index is 0.0333. The number of nitrogens with zero attached hydrogens (tertiary/aromatic N) is 1. The Labute approximate surface area is 194 Å². The van der Waals surface area contributed by atoms with Gasteiger partial charge >= 0.3 is 12.5 Å². The first-order valence-electron chi connectivity index (χ1n) is 10.4. The van der Waals surface area contributed by atoms with Crippen LogP contribution in [0, 0.1) is 0 Å². The van der Waals surface area contributed by atoms with E-state index < -0.39 is 30.8 Å². The van der Waals surface area contributed by atoms with Gasteiger partial charge < -0.3 is 25.0 Å². The van der Waals surface area contributed by atoms with E-state index in [1.54, 1.807) is 45.2 Å². The molecule has 0 aliphatic rings. The lowest BCUT2D eigenvalue weighted by molar-refractivity contribution is -0.274. The van der Waals surface area contributed by atoms with Gasteiger partial charge in [0, 0.05) is 23.7 Å². The van der Waals surface area contributed by atoms with Crippen LogP contribution >= 0.6 is 0 Å². The number of carbonyl (C=O) groups is 1. The fraction of sp³-hybridized carbons (Fsp3) is 0.333. The Morgan fingerprint density at radius 2 is 1.82 bits per heavy atom. The van der Waals surface area contributed by atoms with Crippen molar-refractivity contribution in [3.8, 4) is 16.9 Å². The quantitative estimate of drug-likeness (QED) is 0.468. The highest BCUT2D eigenvalue weighted by molar-refractivity contribution is 5.97. The molecule has 0 spiro atoms. The molecule has 0 saturated heterocycles. The summed E-state index contributed by atoms with van der Waals surface area (Å²) in [6, 6.07) is 10.3. The summed E-state index contributed by atoms with van der Waals surface area (Å²) in [6.45, 7) is 4.57. The largest absolute Gasteiger partial charge is 0.573 e. The average Bonchev–Trinajstić information content (AvgIpc) is 2.74. The predicted molar refractivity (Wildman–Crippen MR) is 119 cm³/mol. The van der Waals surface area contributed by atoms with Crippen LogP contribution in [0.2, 0.25) is 0 Å². The third-order valence-electron chi connectivity index (χ3n) is 4.74. The SMILES string of the molecule is CC(C)(C)OC(=O)NCc1cc(-c2ccc(OC(F)(F)F)cc2)c2ncccc2c1C(O)CO. The zero-order valence-corrected chi connectivity index (χ0v) is 18.8. The number of alkyl carbamates (subject to hydrolysis) is 1. The van der Waals surface area contributed by atoms with E-state index in [-0.39, 0.29) is 12.3 Å². The van der Waals surface area contributed by atoms with E-state index in [1.807, 2.05) is 0 Å². The Morgan fingerprint density at radius 3 is 2.41 bits per heavy atom. The molecule has 3 N–H and O–H groups in total. The number of hydrogen-bond donors (Lipinski definition) is 3. The Balaban J connectivity index is 2.07. The van der Waals surface area contributed by atoms with Gasteiger partial charge in [-0.2, -0.15) is 0 Å². The van der Waals surface area contributed by atoms with Gasteiger partial charge in [0.25, 0.3) is 0 Å². The Bertz CT molecular complexity index is 1160. The van der Waals surface area contributed by atoms with Crippen LogP contribution in [-0.2, 0) is 11.3 Å². The number of aliphatic hydroxyl groups is 2. The number of nitrogens with one attached hydrogen (secondary N) is 1. The predicted octanol–water partition coefficient (Wildman–Crippen LogP) is 4.85. The summed E-state index contributed by atoms with van der Waals surface area (Å²) < 4.78 is 46.7. The lowest BCUT2D eigenvalue weighted by atomic mass is 9.91. The van der Waals surface area contributed by atoms with Crippen LogP contribution < -0.4 is 10.1 Å². The molecule has 0 fully saturated rings. The van der Waals surface area contributed by atoms with Crippen molar-refractivity contribution in [1.82, 2.24) is 10.3 Å². The van der Waals surface area contributed by atoms with Gasteiger partial charge in [0.15, 0.2) is 0 Å². The summed E-state index contributed by atoms with van der Waals surface area (Å²) in [5.41, 5.74) is 1.72. The topological polar surface area (TPSA) is 101 Å². The summed E-state index contributed by atoms with van der Waals surface area (Å²) in [5, 5.41) is 23.3. The molecule has 34 heavy (non-hydrogen) atoms. The van der Waals surface area contributed by atoms with Crippen molar-refractivity contribution in [2.45, 2.75) is 45.4 Å². The molecule has 10 heteroatoms. The van der Waals surface area contributed by atoms with E-state index >= 15 is 0 Å². The van der Waals surface area contributed by atoms with Gasteiger partial charge in [0.1, 0.15) is 17.5 Å². The number of alkyl halides is 3. The standard InChI is InChI=1S/C24H25F3N2O5/c1-23(2,3)34-22(32)29-12-15-11-18(14-6-8-16(9-7-14)33-24(25,26)27)21-17(5-4-10-28-21)20(15)19(31)13-30/h4-11,19,30-31H,12-13H2,1-3H3,(H,29,32).